The van der Waals surface area contributed by atoms with Gasteiger partial charge in [-0.25, -0.2) is 4.39 Å². The fourth-order valence-electron chi connectivity index (χ4n) is 5.09. The van der Waals surface area contributed by atoms with Gasteiger partial charge >= 0.3 is 0 Å². The van der Waals surface area contributed by atoms with E-state index in [1.807, 2.05) is 13.8 Å². The number of aromatic nitrogens is 2. The van der Waals surface area contributed by atoms with Crippen molar-refractivity contribution in [3.63, 3.8) is 0 Å². The molecule has 11 heteroatoms. The van der Waals surface area contributed by atoms with E-state index in [9.17, 15) is 19.2 Å². The molecular formula is C24H21FN6O2S2. The SMILES string of the molecule is C=CCSc1nnc(N2C(N)=C(C#N)[C@]3(C(=O)Nc4ccc(F)cc43)C3=C2CC(C)(C)CC3=O)s1. The average Bonchev–Trinajstić information content (AvgIpc) is 3.35. The highest BCUT2D eigenvalue weighted by atomic mass is 32.2. The molecule has 178 valence electrons. The fourth-order valence-corrected chi connectivity index (χ4v) is 6.73. The Morgan fingerprint density at radius 3 is 2.86 bits per heavy atom. The number of Topliss-reactive ketones (excluding diaryl/α,β-unsaturated/α-hetero) is 1. The van der Waals surface area contributed by atoms with Crippen molar-refractivity contribution < 1.29 is 14.0 Å². The molecule has 1 aromatic carbocycles. The molecule has 2 aromatic rings. The van der Waals surface area contributed by atoms with Gasteiger partial charge in [-0.1, -0.05) is 43.0 Å². The minimum atomic E-state index is -1.83. The maximum absolute atomic E-state index is 14.4. The fraction of sp³-hybridized carbons (Fsp3) is 0.292. The third-order valence-corrected chi connectivity index (χ3v) is 8.41. The van der Waals surface area contributed by atoms with Gasteiger partial charge in [-0.05, 0) is 30.0 Å². The standard InChI is InChI=1S/C24H21FN6O2S2/c1-4-7-34-22-30-29-21(35-22)31-16-9-23(2,3)10-17(32)18(16)24(14(11-26)19(31)27)13-8-12(25)5-6-15(13)28-20(24)33/h4-6,8H,1,7,9-10,27H2,2-3H3,(H,28,33)/t24-/m0/s1. The van der Waals surface area contributed by atoms with Crippen LogP contribution in [-0.4, -0.2) is 27.6 Å². The number of hydrogen-bond donors (Lipinski definition) is 2. The van der Waals surface area contributed by atoms with Crippen LogP contribution in [0.5, 0.6) is 0 Å². The predicted molar refractivity (Wildman–Crippen MR) is 132 cm³/mol. The normalized spacial score (nSPS) is 22.7. The lowest BCUT2D eigenvalue weighted by atomic mass is 9.61. The van der Waals surface area contributed by atoms with Gasteiger partial charge in [0.2, 0.25) is 11.0 Å². The van der Waals surface area contributed by atoms with E-state index in [1.165, 1.54) is 41.3 Å². The molecule has 3 heterocycles. The zero-order chi connectivity index (χ0) is 25.1. The largest absolute Gasteiger partial charge is 0.384 e. The van der Waals surface area contributed by atoms with Crippen LogP contribution in [0.3, 0.4) is 0 Å². The van der Waals surface area contributed by atoms with E-state index in [4.69, 9.17) is 5.73 Å². The van der Waals surface area contributed by atoms with Gasteiger partial charge in [-0.3, -0.25) is 14.5 Å². The first kappa shape index (κ1) is 23.3. The summed E-state index contributed by atoms with van der Waals surface area (Å²) in [4.78, 5) is 29.0. The van der Waals surface area contributed by atoms with Crippen molar-refractivity contribution in [1.82, 2.24) is 10.2 Å². The molecule has 1 atom stereocenters. The van der Waals surface area contributed by atoms with Crippen molar-refractivity contribution in [1.29, 1.82) is 5.26 Å². The van der Waals surface area contributed by atoms with Gasteiger partial charge < -0.3 is 11.1 Å². The van der Waals surface area contributed by atoms with Crippen molar-refractivity contribution >= 4 is 45.6 Å². The Morgan fingerprint density at radius 2 is 2.14 bits per heavy atom. The Hall–Kier alpha value is -3.49. The van der Waals surface area contributed by atoms with E-state index in [-0.39, 0.29) is 34.7 Å². The van der Waals surface area contributed by atoms with Crippen LogP contribution in [-0.2, 0) is 15.0 Å². The number of benzene rings is 1. The van der Waals surface area contributed by atoms with Crippen molar-refractivity contribution in [3.05, 3.63) is 64.9 Å². The van der Waals surface area contributed by atoms with Crippen molar-refractivity contribution in [2.75, 3.05) is 16.0 Å². The third-order valence-electron chi connectivity index (χ3n) is 6.37. The summed E-state index contributed by atoms with van der Waals surface area (Å²) in [6.07, 6.45) is 2.30. The predicted octanol–water partition coefficient (Wildman–Crippen LogP) is 4.00. The summed E-state index contributed by atoms with van der Waals surface area (Å²) in [5.74, 6) is -0.872. The summed E-state index contributed by atoms with van der Waals surface area (Å²) in [6.45, 7) is 7.61. The van der Waals surface area contributed by atoms with E-state index in [0.717, 1.165) is 0 Å². The number of nitrogens with two attached hydrogens (primary N) is 1. The number of fused-ring (bicyclic) bond motifs is 3. The van der Waals surface area contributed by atoms with E-state index in [0.29, 0.717) is 33.0 Å². The smallest absolute Gasteiger partial charge is 0.245 e. The lowest BCUT2D eigenvalue weighted by Gasteiger charge is -2.45. The summed E-state index contributed by atoms with van der Waals surface area (Å²) in [6, 6.07) is 5.92. The van der Waals surface area contributed by atoms with Gasteiger partial charge in [-0.15, -0.1) is 16.8 Å². The number of carbonyl (C=O) groups excluding carboxylic acids is 2. The maximum atomic E-state index is 14.4. The van der Waals surface area contributed by atoms with Crippen LogP contribution < -0.4 is 16.0 Å². The number of anilines is 2. The highest BCUT2D eigenvalue weighted by molar-refractivity contribution is 8.01. The minimum absolute atomic E-state index is 0.0274. The Balaban J connectivity index is 1.82. The minimum Gasteiger partial charge on any atom is -0.384 e. The number of nitrogens with one attached hydrogen (secondary N) is 1. The topological polar surface area (TPSA) is 125 Å². The van der Waals surface area contributed by atoms with Crippen LogP contribution in [0.1, 0.15) is 32.3 Å². The monoisotopic (exact) mass is 508 g/mol. The number of halogens is 1. The number of thioether (sulfide) groups is 1. The molecule has 1 aliphatic carbocycles. The molecule has 3 N–H and O–H groups in total. The second-order valence-corrected chi connectivity index (χ2v) is 11.5. The van der Waals surface area contributed by atoms with Gasteiger partial charge in [0.15, 0.2) is 10.1 Å². The van der Waals surface area contributed by atoms with Gasteiger partial charge in [-0.2, -0.15) is 5.26 Å². The second kappa shape index (κ2) is 8.03. The Kier molecular flexibility index (Phi) is 5.34. The Labute approximate surface area is 209 Å². The van der Waals surface area contributed by atoms with Crippen LogP contribution in [0, 0.1) is 22.6 Å². The molecule has 0 fully saturated rings. The van der Waals surface area contributed by atoms with Crippen LogP contribution in [0.15, 0.2) is 57.9 Å². The zero-order valence-corrected chi connectivity index (χ0v) is 20.6. The lowest BCUT2D eigenvalue weighted by Crippen LogP contribution is -2.52. The molecule has 0 saturated carbocycles. The van der Waals surface area contributed by atoms with Gasteiger partial charge in [0.25, 0.3) is 0 Å². The van der Waals surface area contributed by atoms with Crippen molar-refractivity contribution in [2.45, 2.75) is 36.4 Å². The van der Waals surface area contributed by atoms with Crippen LogP contribution in [0.25, 0.3) is 0 Å². The first-order chi connectivity index (χ1) is 16.6. The second-order valence-electron chi connectivity index (χ2n) is 9.31. The summed E-state index contributed by atoms with van der Waals surface area (Å²) >= 11 is 2.71. The quantitative estimate of drug-likeness (QED) is 0.469. The molecule has 1 amide bonds. The highest BCUT2D eigenvalue weighted by Gasteiger charge is 2.61. The zero-order valence-electron chi connectivity index (χ0n) is 19.0. The van der Waals surface area contributed by atoms with Gasteiger partial charge in [0, 0.05) is 34.7 Å². The van der Waals surface area contributed by atoms with Gasteiger partial charge in [0.05, 0.1) is 5.57 Å². The number of rotatable bonds is 4. The number of carbonyl (C=O) groups is 2. The van der Waals surface area contributed by atoms with E-state index in [2.05, 4.69) is 28.2 Å². The molecule has 3 aliphatic rings. The van der Waals surface area contributed by atoms with Crippen molar-refractivity contribution in [3.8, 4) is 6.07 Å². The van der Waals surface area contributed by atoms with E-state index >= 15 is 0 Å². The van der Waals surface area contributed by atoms with E-state index < -0.39 is 22.6 Å². The van der Waals surface area contributed by atoms with Crippen LogP contribution in [0.4, 0.5) is 15.2 Å². The first-order valence-corrected chi connectivity index (χ1v) is 12.6. The molecule has 0 radical (unpaired) electrons. The summed E-state index contributed by atoms with van der Waals surface area (Å²) in [5.41, 5.74) is 5.37. The summed E-state index contributed by atoms with van der Waals surface area (Å²) < 4.78 is 15.1. The number of nitriles is 1. The molecule has 8 nitrogen and oxygen atoms in total. The molecule has 1 spiro atoms. The molecule has 2 aliphatic heterocycles. The number of ketones is 1. The summed E-state index contributed by atoms with van der Waals surface area (Å²) in [5, 5.41) is 21.9. The molecule has 0 unspecified atom stereocenters. The lowest BCUT2D eigenvalue weighted by molar-refractivity contribution is -0.123. The average molecular weight is 509 g/mol. The molecular weight excluding hydrogens is 487 g/mol. The first-order valence-electron chi connectivity index (χ1n) is 10.8. The summed E-state index contributed by atoms with van der Waals surface area (Å²) in [7, 11) is 0. The maximum Gasteiger partial charge on any atom is 0.245 e. The highest BCUT2D eigenvalue weighted by Crippen LogP contribution is 2.57. The number of hydrogen-bond acceptors (Lipinski definition) is 9. The third kappa shape index (κ3) is 3.31. The van der Waals surface area contributed by atoms with Crippen molar-refractivity contribution in [2.24, 2.45) is 11.1 Å². The number of nitrogens with zero attached hydrogens (tertiary/aromatic N) is 4. The molecule has 5 rings (SSSR count). The molecule has 1 aromatic heterocycles. The van der Waals surface area contributed by atoms with Crippen LogP contribution >= 0.6 is 23.1 Å². The van der Waals surface area contributed by atoms with Crippen LogP contribution in [0.2, 0.25) is 0 Å². The Bertz CT molecular complexity index is 1420. The molecule has 0 saturated heterocycles. The number of allylic oxidation sites excluding steroid dienone is 1. The van der Waals surface area contributed by atoms with E-state index in [1.54, 1.807) is 11.0 Å². The van der Waals surface area contributed by atoms with Gasteiger partial charge in [0.1, 0.15) is 23.1 Å². The molecule has 0 bridgehead atoms. The number of amides is 1. The Morgan fingerprint density at radius 1 is 1.37 bits per heavy atom. The molecule has 35 heavy (non-hydrogen) atoms.